The molecular weight excluding hydrogens is 492 g/mol. The van der Waals surface area contributed by atoms with Crippen molar-refractivity contribution in [1.29, 1.82) is 0 Å². The van der Waals surface area contributed by atoms with Crippen LogP contribution in [0.1, 0.15) is 16.1 Å². The summed E-state index contributed by atoms with van der Waals surface area (Å²) >= 11 is 0. The predicted molar refractivity (Wildman–Crippen MR) is 147 cm³/mol. The van der Waals surface area contributed by atoms with Crippen molar-refractivity contribution >= 4 is 33.5 Å². The van der Waals surface area contributed by atoms with Crippen LogP contribution in [0.4, 0.5) is 5.69 Å². The maximum Gasteiger partial charge on any atom is 0.255 e. The number of hydrogen-bond donors (Lipinski definition) is 4. The van der Waals surface area contributed by atoms with Gasteiger partial charge in [-0.1, -0.05) is 18.2 Å². The summed E-state index contributed by atoms with van der Waals surface area (Å²) in [6, 6.07) is 12.8. The minimum atomic E-state index is -0.210. The molecule has 6 aromatic heterocycles. The number of H-pyrrole nitrogens is 3. The van der Waals surface area contributed by atoms with Gasteiger partial charge >= 0.3 is 0 Å². The molecule has 0 aliphatic carbocycles. The number of fused-ring (bicyclic) bond motifs is 2. The third kappa shape index (κ3) is 4.07. The quantitative estimate of drug-likeness (QED) is 0.255. The average Bonchev–Trinajstić information content (AvgIpc) is 3.71. The van der Waals surface area contributed by atoms with E-state index in [-0.39, 0.29) is 5.91 Å². The molecule has 1 aromatic carbocycles. The fourth-order valence-electron chi connectivity index (χ4n) is 4.47. The van der Waals surface area contributed by atoms with Crippen molar-refractivity contribution in [3.05, 3.63) is 90.9 Å². The summed E-state index contributed by atoms with van der Waals surface area (Å²) in [5, 5.41) is 11.3. The van der Waals surface area contributed by atoms with Gasteiger partial charge in [-0.2, -0.15) is 5.10 Å². The van der Waals surface area contributed by atoms with Crippen LogP contribution >= 0.6 is 0 Å². The minimum Gasteiger partial charge on any atom is -0.344 e. The van der Waals surface area contributed by atoms with Crippen LogP contribution in [0.2, 0.25) is 0 Å². The highest BCUT2D eigenvalue weighted by molar-refractivity contribution is 6.04. The zero-order chi connectivity index (χ0) is 26.3. The lowest BCUT2D eigenvalue weighted by Crippen LogP contribution is -2.11. The summed E-state index contributed by atoms with van der Waals surface area (Å²) in [5.41, 5.74) is 7.16. The SMILES string of the molecule is Cc1c[nH]c(-c2cncc3[nH]c(-c4n[nH]c5cnc(-c6cncc(NC(=O)c7ccccc7)c6)cc45)nc23)n1. The zero-order valence-electron chi connectivity index (χ0n) is 20.6. The fourth-order valence-corrected chi connectivity index (χ4v) is 4.47. The molecule has 7 aromatic rings. The van der Waals surface area contributed by atoms with E-state index in [1.165, 1.54) is 0 Å². The molecule has 0 bridgehead atoms. The number of rotatable bonds is 5. The molecule has 1 amide bonds. The highest BCUT2D eigenvalue weighted by Crippen LogP contribution is 2.31. The Kier molecular flexibility index (Phi) is 5.18. The number of nitrogens with one attached hydrogen (secondary N) is 4. The molecular formula is C28H20N10O. The van der Waals surface area contributed by atoms with Gasteiger partial charge in [0, 0.05) is 35.1 Å². The Labute approximate surface area is 220 Å². The van der Waals surface area contributed by atoms with Crippen LogP contribution in [-0.2, 0) is 0 Å². The minimum absolute atomic E-state index is 0.210. The van der Waals surface area contributed by atoms with E-state index in [1.54, 1.807) is 43.1 Å². The smallest absolute Gasteiger partial charge is 0.255 e. The molecule has 0 aliphatic heterocycles. The monoisotopic (exact) mass is 512 g/mol. The fraction of sp³-hybridized carbons (Fsp3) is 0.0357. The van der Waals surface area contributed by atoms with Crippen LogP contribution in [0.3, 0.4) is 0 Å². The van der Waals surface area contributed by atoms with Crippen molar-refractivity contribution in [3.63, 3.8) is 0 Å². The van der Waals surface area contributed by atoms with Crippen molar-refractivity contribution in [2.75, 3.05) is 5.32 Å². The molecule has 39 heavy (non-hydrogen) atoms. The number of amides is 1. The van der Waals surface area contributed by atoms with E-state index >= 15 is 0 Å². The predicted octanol–water partition coefficient (Wildman–Crippen LogP) is 4.91. The molecule has 0 saturated heterocycles. The Bertz CT molecular complexity index is 1990. The van der Waals surface area contributed by atoms with E-state index < -0.39 is 0 Å². The van der Waals surface area contributed by atoms with Crippen molar-refractivity contribution in [2.45, 2.75) is 6.92 Å². The Hall–Kier alpha value is -5.71. The van der Waals surface area contributed by atoms with Gasteiger partial charge in [-0.15, -0.1) is 0 Å². The Balaban J connectivity index is 1.25. The van der Waals surface area contributed by atoms with E-state index in [9.17, 15) is 4.79 Å². The summed E-state index contributed by atoms with van der Waals surface area (Å²) < 4.78 is 0. The molecule has 0 fully saturated rings. The van der Waals surface area contributed by atoms with Gasteiger partial charge in [0.1, 0.15) is 17.0 Å². The number of benzene rings is 1. The van der Waals surface area contributed by atoms with Gasteiger partial charge in [0.05, 0.1) is 52.3 Å². The van der Waals surface area contributed by atoms with Gasteiger partial charge in [-0.3, -0.25) is 24.8 Å². The maximum atomic E-state index is 12.6. The van der Waals surface area contributed by atoms with Crippen molar-refractivity contribution in [2.24, 2.45) is 0 Å². The highest BCUT2D eigenvalue weighted by atomic mass is 16.1. The van der Waals surface area contributed by atoms with Gasteiger partial charge < -0.3 is 15.3 Å². The maximum absolute atomic E-state index is 12.6. The first kappa shape index (κ1) is 22.5. The Morgan fingerprint density at radius 3 is 2.62 bits per heavy atom. The molecule has 6 heterocycles. The first-order chi connectivity index (χ1) is 19.1. The van der Waals surface area contributed by atoms with Crippen molar-refractivity contribution in [1.82, 2.24) is 45.1 Å². The van der Waals surface area contributed by atoms with Crippen LogP contribution in [0.5, 0.6) is 0 Å². The molecule has 0 atom stereocenters. The van der Waals surface area contributed by atoms with Gasteiger partial charge in [-0.25, -0.2) is 9.97 Å². The van der Waals surface area contributed by atoms with E-state index in [1.807, 2.05) is 43.5 Å². The lowest BCUT2D eigenvalue weighted by Gasteiger charge is -2.07. The van der Waals surface area contributed by atoms with Gasteiger partial charge in [0.15, 0.2) is 5.82 Å². The number of nitrogens with zero attached hydrogens (tertiary/aromatic N) is 6. The molecule has 0 saturated carbocycles. The number of anilines is 1. The largest absolute Gasteiger partial charge is 0.344 e. The number of aromatic nitrogens is 9. The number of carbonyl (C=O) groups is 1. The average molecular weight is 513 g/mol. The van der Waals surface area contributed by atoms with Crippen LogP contribution in [-0.4, -0.2) is 51.0 Å². The topological polar surface area (TPSA) is 154 Å². The molecule has 7 rings (SSSR count). The summed E-state index contributed by atoms with van der Waals surface area (Å²) in [5.74, 6) is 1.08. The summed E-state index contributed by atoms with van der Waals surface area (Å²) in [7, 11) is 0. The first-order valence-electron chi connectivity index (χ1n) is 12.1. The molecule has 0 radical (unpaired) electrons. The summed E-state index contributed by atoms with van der Waals surface area (Å²) in [6.45, 7) is 1.92. The van der Waals surface area contributed by atoms with E-state index in [0.717, 1.165) is 38.8 Å². The van der Waals surface area contributed by atoms with Crippen LogP contribution in [0, 0.1) is 6.92 Å². The third-order valence-electron chi connectivity index (χ3n) is 6.35. The van der Waals surface area contributed by atoms with Crippen molar-refractivity contribution in [3.8, 4) is 34.2 Å². The van der Waals surface area contributed by atoms with Crippen molar-refractivity contribution < 1.29 is 4.79 Å². The van der Waals surface area contributed by atoms with Gasteiger partial charge in [0.25, 0.3) is 5.91 Å². The first-order valence-corrected chi connectivity index (χ1v) is 12.1. The normalized spacial score (nSPS) is 11.3. The second kappa shape index (κ2) is 8.99. The molecule has 11 heteroatoms. The number of aryl methyl sites for hydroxylation is 1. The second-order valence-electron chi connectivity index (χ2n) is 9.03. The number of pyridine rings is 3. The van der Waals surface area contributed by atoms with E-state index in [0.29, 0.717) is 34.3 Å². The lowest BCUT2D eigenvalue weighted by atomic mass is 10.1. The van der Waals surface area contributed by atoms with E-state index in [4.69, 9.17) is 4.98 Å². The van der Waals surface area contributed by atoms with Crippen LogP contribution < -0.4 is 5.32 Å². The van der Waals surface area contributed by atoms with Gasteiger partial charge in [0.2, 0.25) is 0 Å². The van der Waals surface area contributed by atoms with Gasteiger partial charge in [-0.05, 0) is 31.2 Å². The molecule has 0 unspecified atom stereocenters. The molecule has 188 valence electrons. The highest BCUT2D eigenvalue weighted by Gasteiger charge is 2.18. The zero-order valence-corrected chi connectivity index (χ0v) is 20.6. The lowest BCUT2D eigenvalue weighted by molar-refractivity contribution is 0.102. The number of aromatic amines is 3. The standard InChI is InChI=1S/C28H20N10O/c1-15-9-32-26(33-15)20-12-30-13-23-24(20)36-27(35-23)25-19-8-21(31-14-22(19)37-38-25)17-7-18(11-29-10-17)34-28(39)16-5-3-2-4-6-16/h2-14H,1H3,(H,32,33)(H,34,39)(H,35,36)(H,37,38). The number of hydrogen-bond acceptors (Lipinski definition) is 7. The Morgan fingerprint density at radius 1 is 0.897 bits per heavy atom. The molecule has 4 N–H and O–H groups in total. The molecule has 0 spiro atoms. The van der Waals surface area contributed by atoms with Crippen LogP contribution in [0.15, 0.2) is 79.6 Å². The summed E-state index contributed by atoms with van der Waals surface area (Å²) in [6.07, 6.45) is 10.3. The summed E-state index contributed by atoms with van der Waals surface area (Å²) in [4.78, 5) is 41.7. The van der Waals surface area contributed by atoms with E-state index in [2.05, 4.69) is 45.4 Å². The van der Waals surface area contributed by atoms with Crippen LogP contribution in [0.25, 0.3) is 56.1 Å². The third-order valence-corrected chi connectivity index (χ3v) is 6.35. The molecule has 11 nitrogen and oxygen atoms in total. The Morgan fingerprint density at radius 2 is 1.77 bits per heavy atom. The number of carbonyl (C=O) groups excluding carboxylic acids is 1. The molecule has 0 aliphatic rings. The number of imidazole rings is 2. The second-order valence-corrected chi connectivity index (χ2v) is 9.03.